The van der Waals surface area contributed by atoms with E-state index in [1.165, 1.54) is 0 Å². The summed E-state index contributed by atoms with van der Waals surface area (Å²) < 4.78 is 0. The minimum absolute atomic E-state index is 0.256. The summed E-state index contributed by atoms with van der Waals surface area (Å²) in [5, 5.41) is 0. The van der Waals surface area contributed by atoms with Gasteiger partial charge in [0.05, 0.1) is 67.1 Å². The lowest BCUT2D eigenvalue weighted by atomic mass is 10.0. The summed E-state index contributed by atoms with van der Waals surface area (Å²) in [5.41, 5.74) is 5.76. The molecule has 3 aromatic heterocycles. The van der Waals surface area contributed by atoms with Gasteiger partial charge in [-0.15, -0.1) is 0 Å². The first kappa shape index (κ1) is 34.0. The van der Waals surface area contributed by atoms with Crippen LogP contribution in [0.25, 0.3) is 46.4 Å². The standard InChI is InChI=1S/C48H30N4O4/c53-45(29-13-5-1-6-14-29)41-33-21-23-35(49-33)42(46(54)30-15-7-2-8-16-30)37-25-27-39(51-37)44(48(56)32-19-11-4-12-20-32)40-28-26-38(52-40)43(36-24-22-34(41)50-36)47(55)31-17-9-3-10-18-31/h1-28,49,52H. The number of nitrogens with zero attached hydrogens (tertiary/aromatic N) is 2. The van der Waals surface area contributed by atoms with Crippen LogP contribution in [0.5, 0.6) is 0 Å². The Morgan fingerprint density at radius 2 is 0.518 bits per heavy atom. The summed E-state index contributed by atoms with van der Waals surface area (Å²) in [6.45, 7) is 0. The van der Waals surface area contributed by atoms with Gasteiger partial charge in [-0.3, -0.25) is 19.2 Å². The molecule has 4 aromatic carbocycles. The molecule has 0 unspecified atom stereocenters. The number of H-pyrrole nitrogens is 2. The fraction of sp³-hybridized carbons (Fsp3) is 0. The Kier molecular flexibility index (Phi) is 8.60. The monoisotopic (exact) mass is 726 g/mol. The molecule has 56 heavy (non-hydrogen) atoms. The number of nitrogens with one attached hydrogen (secondary N) is 2. The number of hydrogen-bond donors (Lipinski definition) is 2. The van der Waals surface area contributed by atoms with Crippen molar-refractivity contribution < 1.29 is 19.2 Å². The van der Waals surface area contributed by atoms with Crippen LogP contribution in [0.3, 0.4) is 0 Å². The average Bonchev–Trinajstić information content (AvgIpc) is 4.10. The molecule has 8 bridgehead atoms. The van der Waals surface area contributed by atoms with E-state index in [0.717, 1.165) is 0 Å². The van der Waals surface area contributed by atoms with E-state index in [-0.39, 0.29) is 45.4 Å². The molecule has 266 valence electrons. The van der Waals surface area contributed by atoms with Crippen molar-refractivity contribution >= 4 is 69.5 Å². The van der Waals surface area contributed by atoms with Gasteiger partial charge >= 0.3 is 0 Å². The number of carbonyl (C=O) groups excluding carboxylic acids is 4. The second-order valence-electron chi connectivity index (χ2n) is 13.3. The molecule has 8 nitrogen and oxygen atoms in total. The molecular weight excluding hydrogens is 697 g/mol. The summed E-state index contributed by atoms with van der Waals surface area (Å²) in [6.07, 6.45) is 6.86. The Balaban J connectivity index is 1.44. The Morgan fingerprint density at radius 3 is 0.732 bits per heavy atom. The van der Waals surface area contributed by atoms with Crippen LogP contribution in [0.2, 0.25) is 0 Å². The normalized spacial score (nSPS) is 11.7. The number of hydrogen-bond acceptors (Lipinski definition) is 6. The molecular formula is C48H30N4O4. The van der Waals surface area contributed by atoms with E-state index in [1.54, 1.807) is 146 Å². The topological polar surface area (TPSA) is 126 Å². The Morgan fingerprint density at radius 1 is 0.304 bits per heavy atom. The number of fused-ring (bicyclic) bond motifs is 8. The van der Waals surface area contributed by atoms with Crippen molar-refractivity contribution in [3.8, 4) is 0 Å². The minimum Gasteiger partial charge on any atom is -0.354 e. The second-order valence-corrected chi connectivity index (χ2v) is 13.3. The van der Waals surface area contributed by atoms with Crippen LogP contribution in [0.4, 0.5) is 0 Å². The first-order valence-corrected chi connectivity index (χ1v) is 18.0. The van der Waals surface area contributed by atoms with Gasteiger partial charge in [0, 0.05) is 22.3 Å². The SMILES string of the molecule is O=C(c1ccccc1)c1c2nc(c(C(=O)c3ccccc3)c3ccc([nH]3)c(C(=O)c3ccccc3)c3nc(c(C(=O)c4ccccc4)c4ccc1[nH]4)C=C3)C=C2. The van der Waals surface area contributed by atoms with Gasteiger partial charge in [-0.05, 0) is 48.6 Å². The molecule has 0 radical (unpaired) electrons. The van der Waals surface area contributed by atoms with Gasteiger partial charge in [0.15, 0.2) is 23.1 Å². The number of aromatic amines is 2. The highest BCUT2D eigenvalue weighted by atomic mass is 16.1. The van der Waals surface area contributed by atoms with Gasteiger partial charge < -0.3 is 9.97 Å². The van der Waals surface area contributed by atoms with E-state index in [4.69, 9.17) is 9.97 Å². The van der Waals surface area contributed by atoms with Gasteiger partial charge in [-0.2, -0.15) is 0 Å². The van der Waals surface area contributed by atoms with Crippen LogP contribution in [0, 0.1) is 0 Å². The molecule has 0 saturated heterocycles. The first-order chi connectivity index (χ1) is 27.4. The predicted molar refractivity (Wildman–Crippen MR) is 218 cm³/mol. The van der Waals surface area contributed by atoms with Crippen LogP contribution < -0.4 is 0 Å². The molecule has 0 spiro atoms. The van der Waals surface area contributed by atoms with E-state index >= 15 is 0 Å². The van der Waals surface area contributed by atoms with Crippen LogP contribution in [-0.2, 0) is 0 Å². The molecule has 0 fully saturated rings. The number of aromatic nitrogens is 4. The molecule has 7 aromatic rings. The van der Waals surface area contributed by atoms with Crippen LogP contribution in [-0.4, -0.2) is 43.1 Å². The van der Waals surface area contributed by atoms with Crippen molar-refractivity contribution in [1.29, 1.82) is 0 Å². The summed E-state index contributed by atoms with van der Waals surface area (Å²) >= 11 is 0. The number of benzene rings is 4. The van der Waals surface area contributed by atoms with E-state index in [1.807, 2.05) is 24.3 Å². The molecule has 0 saturated carbocycles. The second kappa shape index (κ2) is 14.2. The number of rotatable bonds is 8. The molecule has 0 atom stereocenters. The minimum atomic E-state index is -0.300. The molecule has 2 aliphatic rings. The Bertz CT molecular complexity index is 2560. The fourth-order valence-electron chi connectivity index (χ4n) is 7.10. The third-order valence-corrected chi connectivity index (χ3v) is 9.81. The lowest BCUT2D eigenvalue weighted by molar-refractivity contribution is 0.103. The zero-order valence-corrected chi connectivity index (χ0v) is 29.7. The van der Waals surface area contributed by atoms with Gasteiger partial charge in [-0.1, -0.05) is 121 Å². The van der Waals surface area contributed by atoms with Crippen molar-refractivity contribution in [3.63, 3.8) is 0 Å². The zero-order chi connectivity index (χ0) is 38.2. The summed E-state index contributed by atoms with van der Waals surface area (Å²) in [6, 6.07) is 42.5. The maximum Gasteiger partial charge on any atom is 0.197 e. The molecule has 0 aliphatic carbocycles. The third kappa shape index (κ3) is 6.11. The Hall–Kier alpha value is -7.84. The van der Waals surface area contributed by atoms with Crippen molar-refractivity contribution in [1.82, 2.24) is 19.9 Å². The maximum atomic E-state index is 14.4. The summed E-state index contributed by atoms with van der Waals surface area (Å²) in [5.74, 6) is -1.20. The highest BCUT2D eigenvalue weighted by Gasteiger charge is 2.25. The van der Waals surface area contributed by atoms with Gasteiger partial charge in [0.25, 0.3) is 0 Å². The highest BCUT2D eigenvalue weighted by molar-refractivity contribution is 6.20. The fourth-order valence-corrected chi connectivity index (χ4v) is 7.10. The van der Waals surface area contributed by atoms with Gasteiger partial charge in [0.1, 0.15) is 0 Å². The zero-order valence-electron chi connectivity index (χ0n) is 29.7. The molecule has 2 N–H and O–H groups in total. The third-order valence-electron chi connectivity index (χ3n) is 9.81. The average molecular weight is 727 g/mol. The molecule has 5 heterocycles. The van der Waals surface area contributed by atoms with E-state index in [2.05, 4.69) is 9.97 Å². The van der Waals surface area contributed by atoms with E-state index in [0.29, 0.717) is 67.1 Å². The smallest absolute Gasteiger partial charge is 0.197 e. The van der Waals surface area contributed by atoms with Crippen LogP contribution >= 0.6 is 0 Å². The van der Waals surface area contributed by atoms with Crippen molar-refractivity contribution in [2.45, 2.75) is 0 Å². The predicted octanol–water partition coefficient (Wildman–Crippen LogP) is 9.58. The van der Waals surface area contributed by atoms with Crippen molar-refractivity contribution in [2.24, 2.45) is 0 Å². The van der Waals surface area contributed by atoms with E-state index in [9.17, 15) is 19.2 Å². The van der Waals surface area contributed by atoms with Crippen molar-refractivity contribution in [3.05, 3.63) is 213 Å². The van der Waals surface area contributed by atoms with Gasteiger partial charge in [0.2, 0.25) is 0 Å². The van der Waals surface area contributed by atoms with Crippen LogP contribution in [0.1, 0.15) is 86.5 Å². The number of ketones is 4. The lowest BCUT2D eigenvalue weighted by Gasteiger charge is -2.06. The number of carbonyl (C=O) groups is 4. The maximum absolute atomic E-state index is 14.4. The lowest BCUT2D eigenvalue weighted by Crippen LogP contribution is -2.07. The van der Waals surface area contributed by atoms with Crippen LogP contribution in [0.15, 0.2) is 146 Å². The highest BCUT2D eigenvalue weighted by Crippen LogP contribution is 2.31. The first-order valence-electron chi connectivity index (χ1n) is 18.0. The van der Waals surface area contributed by atoms with E-state index < -0.39 is 0 Å². The molecule has 9 rings (SSSR count). The molecule has 0 amide bonds. The Labute approximate surface area is 320 Å². The summed E-state index contributed by atoms with van der Waals surface area (Å²) in [7, 11) is 0. The molecule has 8 heteroatoms. The van der Waals surface area contributed by atoms with Gasteiger partial charge in [-0.25, -0.2) is 9.97 Å². The van der Waals surface area contributed by atoms with Crippen molar-refractivity contribution in [2.75, 3.05) is 0 Å². The quantitative estimate of drug-likeness (QED) is 0.150. The largest absolute Gasteiger partial charge is 0.354 e. The summed E-state index contributed by atoms with van der Waals surface area (Å²) in [4.78, 5) is 74.4. The molecule has 2 aliphatic heterocycles.